The van der Waals surface area contributed by atoms with Crippen molar-refractivity contribution in [3.05, 3.63) is 41.6 Å². The Morgan fingerprint density at radius 2 is 1.94 bits per heavy atom. The molecule has 0 saturated heterocycles. The predicted octanol–water partition coefficient (Wildman–Crippen LogP) is 4.40. The highest BCUT2D eigenvalue weighted by Gasteiger charge is 2.18. The van der Waals surface area contributed by atoms with Crippen LogP contribution in [0.1, 0.15) is 24.5 Å². The van der Waals surface area contributed by atoms with Crippen molar-refractivity contribution in [3.8, 4) is 11.3 Å². The van der Waals surface area contributed by atoms with Crippen molar-refractivity contribution < 1.29 is 8.78 Å². The molecule has 2 rings (SSSR count). The molecule has 96 valence electrons. The number of aryl methyl sites for hydroxylation is 1. The highest BCUT2D eigenvalue weighted by Crippen LogP contribution is 2.30. The number of alkyl halides is 3. The topological polar surface area (TPSA) is 17.8 Å². The first kappa shape index (κ1) is 13.2. The van der Waals surface area contributed by atoms with E-state index in [-0.39, 0.29) is 5.56 Å². The zero-order valence-corrected chi connectivity index (χ0v) is 11.5. The molecule has 5 heteroatoms. The second kappa shape index (κ2) is 5.61. The Morgan fingerprint density at radius 3 is 2.44 bits per heavy atom. The molecule has 18 heavy (non-hydrogen) atoms. The monoisotopic (exact) mass is 314 g/mol. The Balaban J connectivity index is 2.44. The third kappa shape index (κ3) is 2.61. The summed E-state index contributed by atoms with van der Waals surface area (Å²) in [6.45, 7) is 2.46. The Kier molecular flexibility index (Phi) is 4.11. The molecule has 0 aliphatic heterocycles. The van der Waals surface area contributed by atoms with Gasteiger partial charge in [0, 0.05) is 23.6 Å². The van der Waals surface area contributed by atoms with Crippen LogP contribution in [-0.4, -0.2) is 9.78 Å². The molecule has 1 aromatic heterocycles. The van der Waals surface area contributed by atoms with Crippen molar-refractivity contribution in [3.63, 3.8) is 0 Å². The van der Waals surface area contributed by atoms with Gasteiger partial charge in [0.25, 0.3) is 6.43 Å². The number of benzene rings is 1. The summed E-state index contributed by atoms with van der Waals surface area (Å²) in [5.41, 5.74) is 2.19. The van der Waals surface area contributed by atoms with Crippen LogP contribution in [0.15, 0.2) is 30.5 Å². The van der Waals surface area contributed by atoms with Gasteiger partial charge in [0.05, 0.1) is 5.56 Å². The Labute approximate surface area is 113 Å². The summed E-state index contributed by atoms with van der Waals surface area (Å²) in [6, 6.07) is 7.46. The summed E-state index contributed by atoms with van der Waals surface area (Å²) in [4.78, 5) is 0. The van der Waals surface area contributed by atoms with Gasteiger partial charge in [-0.15, -0.1) is 0 Å². The number of rotatable bonds is 4. The molecule has 2 aromatic rings. The summed E-state index contributed by atoms with van der Waals surface area (Å²) in [5, 5.41) is 4.95. The van der Waals surface area contributed by atoms with E-state index < -0.39 is 6.43 Å². The van der Waals surface area contributed by atoms with E-state index in [2.05, 4.69) is 21.0 Å². The van der Waals surface area contributed by atoms with Crippen molar-refractivity contribution >= 4 is 15.9 Å². The fraction of sp³-hybridized carbons (Fsp3) is 0.308. The lowest BCUT2D eigenvalue weighted by atomic mass is 10.1. The average molecular weight is 315 g/mol. The number of hydrogen-bond acceptors (Lipinski definition) is 1. The Morgan fingerprint density at radius 1 is 1.28 bits per heavy atom. The molecule has 0 radical (unpaired) electrons. The number of nitrogens with zero attached hydrogens (tertiary/aromatic N) is 2. The molecule has 1 aromatic carbocycles. The highest BCUT2D eigenvalue weighted by atomic mass is 79.9. The molecule has 0 atom stereocenters. The van der Waals surface area contributed by atoms with Crippen LogP contribution in [0.5, 0.6) is 0 Å². The Bertz CT molecular complexity index is 520. The van der Waals surface area contributed by atoms with E-state index in [9.17, 15) is 8.78 Å². The van der Waals surface area contributed by atoms with Gasteiger partial charge in [-0.25, -0.2) is 8.78 Å². The fourth-order valence-electron chi connectivity index (χ4n) is 1.73. The maximum Gasteiger partial charge on any atom is 0.267 e. The zero-order chi connectivity index (χ0) is 13.1. The summed E-state index contributed by atoms with van der Waals surface area (Å²) in [7, 11) is 0. The zero-order valence-electron chi connectivity index (χ0n) is 9.91. The molecule has 0 aliphatic rings. The Hall–Kier alpha value is -1.23. The van der Waals surface area contributed by atoms with Crippen LogP contribution in [0, 0.1) is 0 Å². The van der Waals surface area contributed by atoms with E-state index in [4.69, 9.17) is 0 Å². The largest absolute Gasteiger partial charge is 0.272 e. The lowest BCUT2D eigenvalue weighted by Crippen LogP contribution is -1.93. The van der Waals surface area contributed by atoms with Gasteiger partial charge < -0.3 is 0 Å². The second-order valence-corrected chi connectivity index (χ2v) is 4.48. The number of halogens is 3. The van der Waals surface area contributed by atoms with Crippen LogP contribution in [0.25, 0.3) is 11.3 Å². The molecule has 0 amide bonds. The quantitative estimate of drug-likeness (QED) is 0.765. The van der Waals surface area contributed by atoms with Gasteiger partial charge in [0.2, 0.25) is 0 Å². The summed E-state index contributed by atoms with van der Waals surface area (Å²) >= 11 is 3.35. The van der Waals surface area contributed by atoms with Crippen molar-refractivity contribution in [2.75, 3.05) is 0 Å². The lowest BCUT2D eigenvalue weighted by Gasteiger charge is -2.02. The molecule has 0 fully saturated rings. The average Bonchev–Trinajstić information content (AvgIpc) is 2.83. The van der Waals surface area contributed by atoms with E-state index >= 15 is 0 Å². The van der Waals surface area contributed by atoms with Gasteiger partial charge >= 0.3 is 0 Å². The normalized spacial score (nSPS) is 11.2. The molecular formula is C13H13BrF2N2. The lowest BCUT2D eigenvalue weighted by molar-refractivity contribution is 0.152. The van der Waals surface area contributed by atoms with Gasteiger partial charge in [0.15, 0.2) is 0 Å². The maximum absolute atomic E-state index is 12.9. The number of aromatic nitrogens is 2. The second-order valence-electron chi connectivity index (χ2n) is 3.92. The molecule has 0 saturated carbocycles. The minimum atomic E-state index is -2.50. The van der Waals surface area contributed by atoms with Gasteiger partial charge in [-0.1, -0.05) is 40.2 Å². The van der Waals surface area contributed by atoms with Crippen molar-refractivity contribution in [2.45, 2.75) is 25.2 Å². The molecule has 0 aliphatic carbocycles. The molecule has 0 bridgehead atoms. The smallest absolute Gasteiger partial charge is 0.267 e. The van der Waals surface area contributed by atoms with E-state index in [1.807, 2.05) is 31.2 Å². The molecular weight excluding hydrogens is 302 g/mol. The SMILES string of the molecule is CCn1cc(C(F)F)c(-c2ccc(CBr)cc2)n1. The van der Waals surface area contributed by atoms with Crippen molar-refractivity contribution in [1.82, 2.24) is 9.78 Å². The minimum absolute atomic E-state index is 0.0107. The fourth-order valence-corrected chi connectivity index (χ4v) is 2.11. The highest BCUT2D eigenvalue weighted by molar-refractivity contribution is 9.08. The third-order valence-corrected chi connectivity index (χ3v) is 3.38. The van der Waals surface area contributed by atoms with Crippen LogP contribution in [-0.2, 0) is 11.9 Å². The van der Waals surface area contributed by atoms with Crippen LogP contribution < -0.4 is 0 Å². The number of hydrogen-bond donors (Lipinski definition) is 0. The van der Waals surface area contributed by atoms with Crippen molar-refractivity contribution in [2.24, 2.45) is 0 Å². The van der Waals surface area contributed by atoms with Gasteiger partial charge in [0.1, 0.15) is 5.69 Å². The van der Waals surface area contributed by atoms with E-state index in [0.29, 0.717) is 12.2 Å². The summed E-state index contributed by atoms with van der Waals surface area (Å²) in [6.07, 6.45) is -1.09. The van der Waals surface area contributed by atoms with Gasteiger partial charge in [-0.05, 0) is 12.5 Å². The van der Waals surface area contributed by atoms with Gasteiger partial charge in [-0.3, -0.25) is 4.68 Å². The third-order valence-electron chi connectivity index (χ3n) is 2.73. The van der Waals surface area contributed by atoms with Crippen LogP contribution >= 0.6 is 15.9 Å². The first-order valence-corrected chi connectivity index (χ1v) is 6.78. The van der Waals surface area contributed by atoms with Crippen LogP contribution in [0.3, 0.4) is 0 Å². The first-order chi connectivity index (χ1) is 8.65. The standard InChI is InChI=1S/C13H13BrF2N2/c1-2-18-8-11(13(15)16)12(17-18)10-5-3-9(7-14)4-6-10/h3-6,8,13H,2,7H2,1H3. The molecule has 2 nitrogen and oxygen atoms in total. The summed E-state index contributed by atoms with van der Waals surface area (Å²) < 4.78 is 27.4. The molecule has 0 N–H and O–H groups in total. The first-order valence-electron chi connectivity index (χ1n) is 5.66. The molecule has 0 spiro atoms. The predicted molar refractivity (Wildman–Crippen MR) is 70.9 cm³/mol. The van der Waals surface area contributed by atoms with Crippen LogP contribution in [0.2, 0.25) is 0 Å². The summed E-state index contributed by atoms with van der Waals surface area (Å²) in [5.74, 6) is 0. The molecule has 1 heterocycles. The van der Waals surface area contributed by atoms with Crippen LogP contribution in [0.4, 0.5) is 8.78 Å². The van der Waals surface area contributed by atoms with Crippen molar-refractivity contribution in [1.29, 1.82) is 0 Å². The van der Waals surface area contributed by atoms with Gasteiger partial charge in [-0.2, -0.15) is 5.10 Å². The van der Waals surface area contributed by atoms with E-state index in [0.717, 1.165) is 16.5 Å². The minimum Gasteiger partial charge on any atom is -0.272 e. The van der Waals surface area contributed by atoms with E-state index in [1.54, 1.807) is 0 Å². The molecule has 0 unspecified atom stereocenters. The maximum atomic E-state index is 12.9. The van der Waals surface area contributed by atoms with E-state index in [1.165, 1.54) is 10.9 Å².